The molecule has 0 aliphatic carbocycles. The van der Waals surface area contributed by atoms with Crippen molar-refractivity contribution in [1.82, 2.24) is 15.5 Å². The molecular formula is C18H27N5O2. The van der Waals surface area contributed by atoms with Crippen LogP contribution in [0.3, 0.4) is 0 Å². The zero-order valence-corrected chi connectivity index (χ0v) is 15.4. The number of amides is 2. The Morgan fingerprint density at radius 3 is 2.68 bits per heavy atom. The van der Waals surface area contributed by atoms with Crippen LogP contribution in [0.15, 0.2) is 29.3 Å². The van der Waals surface area contributed by atoms with Gasteiger partial charge in [-0.2, -0.15) is 0 Å². The molecule has 0 aromatic heterocycles. The number of para-hydroxylation sites is 1. The number of benzene rings is 1. The van der Waals surface area contributed by atoms with E-state index in [0.717, 1.165) is 18.7 Å². The quantitative estimate of drug-likeness (QED) is 0.605. The Morgan fingerprint density at radius 1 is 1.28 bits per heavy atom. The molecular weight excluding hydrogens is 318 g/mol. The van der Waals surface area contributed by atoms with Crippen molar-refractivity contribution in [2.75, 3.05) is 38.6 Å². The molecule has 0 radical (unpaired) electrons. The molecule has 25 heavy (non-hydrogen) atoms. The molecule has 7 nitrogen and oxygen atoms in total. The fourth-order valence-corrected chi connectivity index (χ4v) is 2.62. The van der Waals surface area contributed by atoms with Gasteiger partial charge in [-0.05, 0) is 31.9 Å². The lowest BCUT2D eigenvalue weighted by Crippen LogP contribution is -2.45. The summed E-state index contributed by atoms with van der Waals surface area (Å²) in [6.07, 6.45) is 0.913. The number of rotatable bonds is 5. The number of likely N-dealkylation sites (N-methyl/N-ethyl adjacent to an activating group) is 1. The van der Waals surface area contributed by atoms with Gasteiger partial charge in [-0.3, -0.25) is 9.59 Å². The summed E-state index contributed by atoms with van der Waals surface area (Å²) in [6, 6.07) is 8.18. The van der Waals surface area contributed by atoms with Gasteiger partial charge < -0.3 is 20.4 Å². The van der Waals surface area contributed by atoms with Crippen LogP contribution in [-0.4, -0.2) is 62.4 Å². The van der Waals surface area contributed by atoms with E-state index < -0.39 is 0 Å². The number of hydrogen-bond donors (Lipinski definition) is 2. The molecule has 0 fully saturated rings. The van der Waals surface area contributed by atoms with Crippen LogP contribution in [0, 0.1) is 0 Å². The summed E-state index contributed by atoms with van der Waals surface area (Å²) in [5, 5.41) is 5.92. The van der Waals surface area contributed by atoms with Gasteiger partial charge in [-0.25, -0.2) is 4.99 Å². The monoisotopic (exact) mass is 345 g/mol. The topological polar surface area (TPSA) is 77.0 Å². The first kappa shape index (κ1) is 18.8. The van der Waals surface area contributed by atoms with E-state index >= 15 is 0 Å². The van der Waals surface area contributed by atoms with Crippen LogP contribution in [0.5, 0.6) is 0 Å². The highest BCUT2D eigenvalue weighted by atomic mass is 16.2. The third-order valence-electron chi connectivity index (χ3n) is 3.86. The first-order valence-electron chi connectivity index (χ1n) is 8.51. The van der Waals surface area contributed by atoms with Crippen LogP contribution in [0.4, 0.5) is 5.69 Å². The molecule has 0 saturated carbocycles. The van der Waals surface area contributed by atoms with Gasteiger partial charge in [-0.1, -0.05) is 18.2 Å². The van der Waals surface area contributed by atoms with Crippen LogP contribution < -0.4 is 15.5 Å². The molecule has 0 unspecified atom stereocenters. The van der Waals surface area contributed by atoms with Crippen molar-refractivity contribution in [1.29, 1.82) is 0 Å². The minimum Gasteiger partial charge on any atom is -0.352 e. The van der Waals surface area contributed by atoms with Crippen molar-refractivity contribution < 1.29 is 9.59 Å². The van der Waals surface area contributed by atoms with Crippen LogP contribution in [0.1, 0.15) is 19.4 Å². The zero-order valence-electron chi connectivity index (χ0n) is 15.4. The van der Waals surface area contributed by atoms with Gasteiger partial charge in [0.2, 0.25) is 11.8 Å². The van der Waals surface area contributed by atoms with Crippen molar-refractivity contribution in [3.63, 3.8) is 0 Å². The summed E-state index contributed by atoms with van der Waals surface area (Å²) in [7, 11) is 3.42. The van der Waals surface area contributed by atoms with E-state index in [4.69, 9.17) is 0 Å². The van der Waals surface area contributed by atoms with E-state index in [1.54, 1.807) is 14.1 Å². The summed E-state index contributed by atoms with van der Waals surface area (Å²) in [6.45, 7) is 4.75. The standard InChI is InChI=1S/C18H27N5O2/c1-13(2)21-16(24)11-19-18(20-12-17(25)22(3)4)23-10-9-14-7-5-6-8-15(14)23/h5-8,13H,9-12H2,1-4H3,(H,19,20)(H,21,24). The minimum atomic E-state index is -0.138. The Bertz CT molecular complexity index is 655. The summed E-state index contributed by atoms with van der Waals surface area (Å²) >= 11 is 0. The Morgan fingerprint density at radius 2 is 2.00 bits per heavy atom. The van der Waals surface area contributed by atoms with Crippen molar-refractivity contribution in [3.8, 4) is 0 Å². The van der Waals surface area contributed by atoms with Gasteiger partial charge in [0.05, 0.1) is 6.54 Å². The maximum Gasteiger partial charge on any atom is 0.242 e. The highest BCUT2D eigenvalue weighted by Gasteiger charge is 2.23. The number of aliphatic imine (C=N–C) groups is 1. The van der Waals surface area contributed by atoms with Crippen molar-refractivity contribution in [3.05, 3.63) is 29.8 Å². The highest BCUT2D eigenvalue weighted by molar-refractivity contribution is 6.00. The smallest absolute Gasteiger partial charge is 0.242 e. The number of guanidine groups is 1. The summed E-state index contributed by atoms with van der Waals surface area (Å²) in [4.78, 5) is 31.8. The fourth-order valence-electron chi connectivity index (χ4n) is 2.62. The van der Waals surface area contributed by atoms with Crippen molar-refractivity contribution in [2.24, 2.45) is 4.99 Å². The third kappa shape index (κ3) is 5.20. The molecule has 1 heterocycles. The molecule has 1 aromatic carbocycles. The van der Waals surface area contributed by atoms with E-state index in [9.17, 15) is 9.59 Å². The molecule has 136 valence electrons. The molecule has 2 amide bonds. The second-order valence-corrected chi connectivity index (χ2v) is 6.53. The summed E-state index contributed by atoms with van der Waals surface area (Å²) in [5.41, 5.74) is 2.30. The zero-order chi connectivity index (χ0) is 18.4. The third-order valence-corrected chi connectivity index (χ3v) is 3.86. The molecule has 1 aliphatic rings. The maximum absolute atomic E-state index is 11.9. The number of carbonyl (C=O) groups is 2. The van der Waals surface area contributed by atoms with E-state index in [0.29, 0.717) is 5.96 Å². The Hall–Kier alpha value is -2.57. The second-order valence-electron chi connectivity index (χ2n) is 6.53. The van der Waals surface area contributed by atoms with Crippen molar-refractivity contribution in [2.45, 2.75) is 26.3 Å². The first-order chi connectivity index (χ1) is 11.9. The van der Waals surface area contributed by atoms with Gasteiger partial charge in [0.25, 0.3) is 0 Å². The Balaban J connectivity index is 2.15. The van der Waals surface area contributed by atoms with Crippen LogP contribution >= 0.6 is 0 Å². The second kappa shape index (κ2) is 8.50. The number of nitrogens with one attached hydrogen (secondary N) is 2. The average molecular weight is 345 g/mol. The molecule has 0 atom stereocenters. The van der Waals surface area contributed by atoms with Gasteiger partial charge in [0.15, 0.2) is 5.96 Å². The molecule has 7 heteroatoms. The molecule has 0 spiro atoms. The molecule has 1 aromatic rings. The molecule has 0 bridgehead atoms. The molecule has 2 rings (SSSR count). The van der Waals surface area contributed by atoms with Crippen LogP contribution in [0.2, 0.25) is 0 Å². The van der Waals surface area contributed by atoms with E-state index in [1.165, 1.54) is 10.5 Å². The van der Waals surface area contributed by atoms with E-state index in [1.807, 2.05) is 36.9 Å². The van der Waals surface area contributed by atoms with E-state index in [2.05, 4.69) is 21.7 Å². The van der Waals surface area contributed by atoms with Crippen LogP contribution in [0.25, 0.3) is 0 Å². The number of hydrogen-bond acceptors (Lipinski definition) is 3. The predicted octanol–water partition coefficient (Wildman–Crippen LogP) is 0.608. The fraction of sp³-hybridized carbons (Fsp3) is 0.500. The Labute approximate surface area is 149 Å². The van der Waals surface area contributed by atoms with Gasteiger partial charge in [0, 0.05) is 32.4 Å². The van der Waals surface area contributed by atoms with Gasteiger partial charge >= 0.3 is 0 Å². The lowest BCUT2D eigenvalue weighted by Gasteiger charge is -2.23. The average Bonchev–Trinajstić information content (AvgIpc) is 2.98. The van der Waals surface area contributed by atoms with Crippen LogP contribution in [-0.2, 0) is 16.0 Å². The highest BCUT2D eigenvalue weighted by Crippen LogP contribution is 2.27. The predicted molar refractivity (Wildman–Crippen MR) is 99.8 cm³/mol. The molecule has 1 aliphatic heterocycles. The lowest BCUT2D eigenvalue weighted by atomic mass is 10.2. The number of fused-ring (bicyclic) bond motifs is 1. The minimum absolute atomic E-state index is 0.0231. The SMILES string of the molecule is CC(C)NC(=O)CN=C(NCC(=O)N(C)C)N1CCc2ccccc21. The van der Waals surface area contributed by atoms with E-state index in [-0.39, 0.29) is 30.9 Å². The summed E-state index contributed by atoms with van der Waals surface area (Å²) < 4.78 is 0. The number of anilines is 1. The molecule has 0 saturated heterocycles. The maximum atomic E-state index is 11.9. The first-order valence-corrected chi connectivity index (χ1v) is 8.51. The Kier molecular flexibility index (Phi) is 6.38. The van der Waals surface area contributed by atoms with Gasteiger partial charge in [-0.15, -0.1) is 0 Å². The lowest BCUT2D eigenvalue weighted by molar-refractivity contribution is -0.127. The largest absolute Gasteiger partial charge is 0.352 e. The normalized spacial score (nSPS) is 13.6. The van der Waals surface area contributed by atoms with Crippen molar-refractivity contribution >= 4 is 23.5 Å². The van der Waals surface area contributed by atoms with Gasteiger partial charge in [0.1, 0.15) is 6.54 Å². The number of nitrogens with zero attached hydrogens (tertiary/aromatic N) is 3. The number of carbonyl (C=O) groups excluding carboxylic acids is 2. The molecule has 2 N–H and O–H groups in total. The summed E-state index contributed by atoms with van der Waals surface area (Å²) in [5.74, 6) is 0.367.